The number of aliphatic carboxylic acids is 1. The van der Waals surface area contributed by atoms with Crippen LogP contribution in [0.5, 0.6) is 0 Å². The highest BCUT2D eigenvalue weighted by molar-refractivity contribution is 7.11. The second-order valence-corrected chi connectivity index (χ2v) is 7.20. The number of carboxylic acid groups (broad SMARTS) is 1. The van der Waals surface area contributed by atoms with Crippen LogP contribution in [0.2, 0.25) is 0 Å². The topological polar surface area (TPSA) is 90.8 Å². The van der Waals surface area contributed by atoms with E-state index in [0.29, 0.717) is 31.6 Å². The fourth-order valence-corrected chi connectivity index (χ4v) is 3.47. The third kappa shape index (κ3) is 4.07. The van der Waals surface area contributed by atoms with Gasteiger partial charge in [-0.2, -0.15) is 0 Å². The zero-order chi connectivity index (χ0) is 17.1. The zero-order valence-corrected chi connectivity index (χ0v) is 14.4. The van der Waals surface area contributed by atoms with Crippen LogP contribution in [-0.4, -0.2) is 64.4 Å². The first-order valence-corrected chi connectivity index (χ1v) is 8.31. The molecular formula is C15H21N3O4S. The first kappa shape index (κ1) is 17.4. The molecule has 0 aromatic carbocycles. The first-order chi connectivity index (χ1) is 10.8. The van der Waals surface area contributed by atoms with Crippen molar-refractivity contribution in [1.82, 2.24) is 14.8 Å². The van der Waals surface area contributed by atoms with E-state index in [2.05, 4.69) is 4.98 Å². The van der Waals surface area contributed by atoms with Crippen molar-refractivity contribution in [3.63, 3.8) is 0 Å². The van der Waals surface area contributed by atoms with Gasteiger partial charge in [0, 0.05) is 25.0 Å². The molecule has 8 heteroatoms. The van der Waals surface area contributed by atoms with Gasteiger partial charge in [0.15, 0.2) is 0 Å². The smallest absolute Gasteiger partial charge is 0.306 e. The van der Waals surface area contributed by atoms with Crippen LogP contribution in [0.4, 0.5) is 0 Å². The van der Waals surface area contributed by atoms with Crippen LogP contribution in [0.15, 0.2) is 0 Å². The maximum Gasteiger partial charge on any atom is 0.306 e. The summed E-state index contributed by atoms with van der Waals surface area (Å²) in [5, 5.41) is 9.79. The number of likely N-dealkylation sites (tertiary alicyclic amines) is 1. The molecule has 0 radical (unpaired) electrons. The van der Waals surface area contributed by atoms with Gasteiger partial charge in [0.1, 0.15) is 5.69 Å². The number of carbonyl (C=O) groups excluding carboxylic acids is 2. The minimum Gasteiger partial charge on any atom is -0.481 e. The van der Waals surface area contributed by atoms with Crippen molar-refractivity contribution in [3.8, 4) is 0 Å². The lowest BCUT2D eigenvalue weighted by Gasteiger charge is -2.31. The van der Waals surface area contributed by atoms with E-state index in [1.165, 1.54) is 16.2 Å². The molecule has 1 N–H and O–H groups in total. The molecule has 0 spiro atoms. The van der Waals surface area contributed by atoms with E-state index in [9.17, 15) is 14.4 Å². The molecule has 0 unspecified atom stereocenters. The number of carbonyl (C=O) groups is 3. The van der Waals surface area contributed by atoms with Crippen LogP contribution in [0.3, 0.4) is 0 Å². The summed E-state index contributed by atoms with van der Waals surface area (Å²) in [7, 11) is 1.58. The van der Waals surface area contributed by atoms with E-state index in [1.807, 2.05) is 13.8 Å². The quantitative estimate of drug-likeness (QED) is 0.889. The number of aromatic nitrogens is 1. The molecule has 1 aromatic heterocycles. The first-order valence-electron chi connectivity index (χ1n) is 7.49. The van der Waals surface area contributed by atoms with Gasteiger partial charge in [0.25, 0.3) is 5.91 Å². The average molecular weight is 339 g/mol. The number of nitrogens with zero attached hydrogens (tertiary/aromatic N) is 3. The Balaban J connectivity index is 1.91. The van der Waals surface area contributed by atoms with Gasteiger partial charge in [-0.3, -0.25) is 14.4 Å². The van der Waals surface area contributed by atoms with Crippen LogP contribution in [-0.2, 0) is 9.59 Å². The van der Waals surface area contributed by atoms with Crippen molar-refractivity contribution in [2.24, 2.45) is 5.92 Å². The van der Waals surface area contributed by atoms with Crippen molar-refractivity contribution in [2.45, 2.75) is 26.7 Å². The maximum atomic E-state index is 12.4. The lowest BCUT2D eigenvalue weighted by atomic mass is 9.97. The molecule has 1 aliphatic rings. The van der Waals surface area contributed by atoms with Crippen LogP contribution >= 0.6 is 11.3 Å². The third-order valence-electron chi connectivity index (χ3n) is 4.02. The summed E-state index contributed by atoms with van der Waals surface area (Å²) < 4.78 is 0. The summed E-state index contributed by atoms with van der Waals surface area (Å²) in [5.41, 5.74) is 0.396. The molecule has 1 fully saturated rings. The van der Waals surface area contributed by atoms with Crippen molar-refractivity contribution in [3.05, 3.63) is 15.6 Å². The second kappa shape index (κ2) is 7.08. The van der Waals surface area contributed by atoms with Crippen LogP contribution in [0.25, 0.3) is 0 Å². The summed E-state index contributed by atoms with van der Waals surface area (Å²) in [6.45, 7) is 4.50. The highest BCUT2D eigenvalue weighted by Gasteiger charge is 2.28. The maximum absolute atomic E-state index is 12.4. The molecule has 0 aliphatic carbocycles. The van der Waals surface area contributed by atoms with Crippen molar-refractivity contribution >= 4 is 29.1 Å². The fraction of sp³-hybridized carbons (Fsp3) is 0.600. The van der Waals surface area contributed by atoms with Gasteiger partial charge >= 0.3 is 5.97 Å². The van der Waals surface area contributed by atoms with Gasteiger partial charge in [0.05, 0.1) is 17.5 Å². The molecule has 0 saturated carbocycles. The Morgan fingerprint density at radius 1 is 1.30 bits per heavy atom. The molecule has 0 atom stereocenters. The molecule has 1 aliphatic heterocycles. The normalized spacial score (nSPS) is 15.5. The van der Waals surface area contributed by atoms with Gasteiger partial charge < -0.3 is 14.9 Å². The Labute approximate surface area is 138 Å². The number of hydrogen-bond acceptors (Lipinski definition) is 5. The highest BCUT2D eigenvalue weighted by Crippen LogP contribution is 2.19. The van der Waals surface area contributed by atoms with Crippen molar-refractivity contribution in [1.29, 1.82) is 0 Å². The Morgan fingerprint density at radius 3 is 2.39 bits per heavy atom. The fourth-order valence-electron chi connectivity index (χ4n) is 2.66. The van der Waals surface area contributed by atoms with Crippen molar-refractivity contribution < 1.29 is 19.5 Å². The number of amides is 2. The van der Waals surface area contributed by atoms with E-state index in [0.717, 1.165) is 9.88 Å². The number of likely N-dealkylation sites (N-methyl/N-ethyl adjacent to an activating group) is 1. The van der Waals surface area contributed by atoms with Gasteiger partial charge in [0.2, 0.25) is 5.91 Å². The van der Waals surface area contributed by atoms with E-state index in [4.69, 9.17) is 5.11 Å². The monoisotopic (exact) mass is 339 g/mol. The zero-order valence-electron chi connectivity index (χ0n) is 13.5. The molecule has 1 saturated heterocycles. The lowest BCUT2D eigenvalue weighted by Crippen LogP contribution is -2.45. The lowest BCUT2D eigenvalue weighted by molar-refractivity contribution is -0.145. The van der Waals surface area contributed by atoms with Gasteiger partial charge in [-0.15, -0.1) is 11.3 Å². The number of piperidine rings is 1. The highest BCUT2D eigenvalue weighted by atomic mass is 32.1. The van der Waals surface area contributed by atoms with Gasteiger partial charge in [-0.25, -0.2) is 4.98 Å². The molecule has 1 aromatic rings. The predicted molar refractivity (Wildman–Crippen MR) is 85.5 cm³/mol. The van der Waals surface area contributed by atoms with E-state index < -0.39 is 5.97 Å². The van der Waals surface area contributed by atoms with Crippen LogP contribution < -0.4 is 0 Å². The Hall–Kier alpha value is -1.96. The van der Waals surface area contributed by atoms with E-state index in [1.54, 1.807) is 11.9 Å². The summed E-state index contributed by atoms with van der Waals surface area (Å²) in [6, 6.07) is 0. The summed E-state index contributed by atoms with van der Waals surface area (Å²) in [6.07, 6.45) is 0.923. The van der Waals surface area contributed by atoms with E-state index in [-0.39, 0.29) is 24.3 Å². The molecule has 2 amide bonds. The van der Waals surface area contributed by atoms with E-state index >= 15 is 0 Å². The number of carboxylic acids is 1. The Bertz CT molecular complexity index is 620. The molecule has 126 valence electrons. The van der Waals surface area contributed by atoms with Gasteiger partial charge in [-0.05, 0) is 26.7 Å². The third-order valence-corrected chi connectivity index (χ3v) is 4.91. The summed E-state index contributed by atoms with van der Waals surface area (Å²) in [5.74, 6) is -1.60. The van der Waals surface area contributed by atoms with Crippen LogP contribution in [0, 0.1) is 19.8 Å². The van der Waals surface area contributed by atoms with Gasteiger partial charge in [-0.1, -0.05) is 0 Å². The second-order valence-electron chi connectivity index (χ2n) is 5.79. The average Bonchev–Trinajstić information content (AvgIpc) is 2.85. The SMILES string of the molecule is Cc1nc(C(=O)N(C)CC(=O)N2CCC(C(=O)O)CC2)c(C)s1. The predicted octanol–water partition coefficient (Wildman–Crippen LogP) is 1.16. The number of aryl methyl sites for hydroxylation is 2. The molecule has 23 heavy (non-hydrogen) atoms. The number of hydrogen-bond donors (Lipinski definition) is 1. The Morgan fingerprint density at radius 2 is 1.91 bits per heavy atom. The Kier molecular flexibility index (Phi) is 5.35. The number of thiazole rings is 1. The molecular weight excluding hydrogens is 318 g/mol. The summed E-state index contributed by atoms with van der Waals surface area (Å²) >= 11 is 1.46. The summed E-state index contributed by atoms with van der Waals surface area (Å²) in [4.78, 5) is 43.6. The van der Waals surface area contributed by atoms with Crippen LogP contribution in [0.1, 0.15) is 33.2 Å². The van der Waals surface area contributed by atoms with Crippen molar-refractivity contribution in [2.75, 3.05) is 26.7 Å². The molecule has 7 nitrogen and oxygen atoms in total. The molecule has 0 bridgehead atoms. The molecule has 2 rings (SSSR count). The standard InChI is InChI=1S/C15H21N3O4S/c1-9-13(16-10(2)23-9)14(20)17(3)8-12(19)18-6-4-11(5-7-18)15(21)22/h11H,4-8H2,1-3H3,(H,21,22). The minimum absolute atomic E-state index is 0.0212. The number of rotatable bonds is 4. The molecule has 2 heterocycles. The minimum atomic E-state index is -0.807. The largest absolute Gasteiger partial charge is 0.481 e.